The van der Waals surface area contributed by atoms with E-state index in [1.54, 1.807) is 12.1 Å². The van der Waals surface area contributed by atoms with Crippen LogP contribution in [-0.2, 0) is 6.18 Å². The molecule has 12 rings (SSSR count). The number of aromatic nitrogens is 5. The number of alkyl halides is 3. The summed E-state index contributed by atoms with van der Waals surface area (Å²) < 4.78 is 49.8. The van der Waals surface area contributed by atoms with Gasteiger partial charge in [-0.3, -0.25) is 0 Å². The van der Waals surface area contributed by atoms with Gasteiger partial charge in [0.1, 0.15) is 0 Å². The average molecular weight is 974 g/mol. The first-order chi connectivity index (χ1) is 36.7. The van der Waals surface area contributed by atoms with Gasteiger partial charge in [-0.15, -0.1) is 0 Å². The molecule has 0 atom stereocenters. The summed E-state index contributed by atoms with van der Waals surface area (Å²) in [5, 5.41) is 21.3. The van der Waals surface area contributed by atoms with Crippen molar-refractivity contribution < 1.29 is 13.2 Å². The van der Waals surface area contributed by atoms with E-state index in [4.69, 9.17) is 19.9 Å². The van der Waals surface area contributed by atoms with Gasteiger partial charge in [-0.2, -0.15) is 23.7 Å². The Balaban J connectivity index is 1.25. The number of nitriles is 2. The predicted octanol–water partition coefficient (Wildman–Crippen LogP) is 16.5. The highest BCUT2D eigenvalue weighted by Gasteiger charge is 2.35. The summed E-state index contributed by atoms with van der Waals surface area (Å²) in [6.45, 7) is 0. The summed E-state index contributed by atoms with van der Waals surface area (Å²) in [6, 6.07) is 75.1. The van der Waals surface area contributed by atoms with Gasteiger partial charge in [0, 0.05) is 44.2 Å². The van der Waals surface area contributed by atoms with Crippen LogP contribution < -0.4 is 0 Å². The average Bonchev–Trinajstić information content (AvgIpc) is 3.81. The van der Waals surface area contributed by atoms with Crippen molar-refractivity contribution in [3.05, 3.63) is 247 Å². The lowest BCUT2D eigenvalue weighted by molar-refractivity contribution is -0.137. The molecule has 3 aromatic heterocycles. The topological polar surface area (TPSA) is 104 Å². The van der Waals surface area contributed by atoms with Crippen LogP contribution in [0, 0.1) is 22.7 Å². The van der Waals surface area contributed by atoms with Crippen molar-refractivity contribution >= 4 is 21.8 Å². The van der Waals surface area contributed by atoms with Crippen LogP contribution in [0.5, 0.6) is 0 Å². The first-order valence-corrected chi connectivity index (χ1v) is 24.0. The number of hydrogen-bond acceptors (Lipinski definition) is 6. The lowest BCUT2D eigenvalue weighted by atomic mass is 9.98. The number of benzene rings is 9. The SMILES string of the molecule is N#Cc1cccc(-c2ccc3c(c2)c2cc(-c4cccc(C#N)c4)ccc2n3-c2c(-c3nc(-c4ccccc4)cc(-c4ccccc4)n3)cc(C(F)(F)F)cc2-c2nc(-c3ccccc3)cc(-c3ccccc3)n2)c1. The molecular formula is C65H38F3N7. The molecule has 3 heterocycles. The molecule has 0 saturated heterocycles. The minimum Gasteiger partial charge on any atom is -0.308 e. The molecule has 0 aliphatic heterocycles. The van der Waals surface area contributed by atoms with E-state index in [2.05, 4.69) is 12.1 Å². The van der Waals surface area contributed by atoms with E-state index in [1.165, 1.54) is 0 Å². The van der Waals surface area contributed by atoms with E-state index in [0.29, 0.717) is 50.6 Å². The summed E-state index contributed by atoms with van der Waals surface area (Å²) in [6.07, 6.45) is -4.85. The van der Waals surface area contributed by atoms with Gasteiger partial charge in [0.2, 0.25) is 0 Å². The summed E-state index contributed by atoms with van der Waals surface area (Å²) >= 11 is 0. The Morgan fingerprint density at radius 3 is 1.01 bits per heavy atom. The molecule has 75 heavy (non-hydrogen) atoms. The Labute approximate surface area is 429 Å². The highest BCUT2D eigenvalue weighted by molar-refractivity contribution is 6.13. The van der Waals surface area contributed by atoms with Gasteiger partial charge in [-0.05, 0) is 95.1 Å². The van der Waals surface area contributed by atoms with Crippen molar-refractivity contribution in [3.8, 4) is 108 Å². The van der Waals surface area contributed by atoms with Crippen LogP contribution in [0.15, 0.2) is 231 Å². The fourth-order valence-corrected chi connectivity index (χ4v) is 9.70. The maximum absolute atomic E-state index is 15.9. The predicted molar refractivity (Wildman–Crippen MR) is 290 cm³/mol. The number of rotatable bonds is 9. The van der Waals surface area contributed by atoms with Crippen LogP contribution in [0.2, 0.25) is 0 Å². The summed E-state index contributed by atoms with van der Waals surface area (Å²) in [4.78, 5) is 20.7. The maximum atomic E-state index is 15.9. The fourth-order valence-electron chi connectivity index (χ4n) is 9.70. The third-order valence-corrected chi connectivity index (χ3v) is 13.3. The fraction of sp³-hybridized carbons (Fsp3) is 0.0154. The Bertz CT molecular complexity index is 3860. The zero-order chi connectivity index (χ0) is 51.0. The molecule has 12 aromatic rings. The number of halogens is 3. The molecule has 0 bridgehead atoms. The molecule has 10 heteroatoms. The van der Waals surface area contributed by atoms with Gasteiger partial charge in [0.25, 0.3) is 0 Å². The molecule has 9 aromatic carbocycles. The van der Waals surface area contributed by atoms with E-state index in [-0.39, 0.29) is 22.8 Å². The van der Waals surface area contributed by atoms with Crippen molar-refractivity contribution in [2.24, 2.45) is 0 Å². The van der Waals surface area contributed by atoms with Crippen LogP contribution in [-0.4, -0.2) is 24.5 Å². The molecule has 7 nitrogen and oxygen atoms in total. The van der Waals surface area contributed by atoms with E-state index >= 15 is 13.2 Å². The Hall–Kier alpha value is -10.3. The third-order valence-electron chi connectivity index (χ3n) is 13.3. The minimum absolute atomic E-state index is 0.0462. The normalized spacial score (nSPS) is 11.4. The molecule has 0 amide bonds. The van der Waals surface area contributed by atoms with Crippen LogP contribution in [0.4, 0.5) is 13.2 Å². The Morgan fingerprint density at radius 1 is 0.347 bits per heavy atom. The second-order valence-corrected chi connectivity index (χ2v) is 18.0. The summed E-state index contributed by atoms with van der Waals surface area (Å²) in [5.74, 6) is 0.0925. The smallest absolute Gasteiger partial charge is 0.308 e. The molecule has 0 saturated carbocycles. The van der Waals surface area contributed by atoms with Crippen molar-refractivity contribution in [2.45, 2.75) is 6.18 Å². The Morgan fingerprint density at radius 2 is 0.680 bits per heavy atom. The number of hydrogen-bond donors (Lipinski definition) is 0. The molecule has 0 fully saturated rings. The first kappa shape index (κ1) is 45.8. The van der Waals surface area contributed by atoms with E-state index in [9.17, 15) is 10.5 Å². The van der Waals surface area contributed by atoms with Gasteiger partial charge in [-0.1, -0.05) is 158 Å². The number of nitrogens with zero attached hydrogens (tertiary/aromatic N) is 7. The lowest BCUT2D eigenvalue weighted by Gasteiger charge is -2.21. The highest BCUT2D eigenvalue weighted by Crippen LogP contribution is 2.46. The molecule has 0 aliphatic rings. The zero-order valence-corrected chi connectivity index (χ0v) is 39.7. The van der Waals surface area contributed by atoms with E-state index in [0.717, 1.165) is 67.4 Å². The minimum atomic E-state index is -4.85. The molecule has 354 valence electrons. The van der Waals surface area contributed by atoms with Crippen LogP contribution in [0.1, 0.15) is 16.7 Å². The molecule has 0 radical (unpaired) electrons. The van der Waals surface area contributed by atoms with E-state index < -0.39 is 11.7 Å². The quantitative estimate of drug-likeness (QED) is 0.143. The lowest BCUT2D eigenvalue weighted by Crippen LogP contribution is -2.11. The van der Waals surface area contributed by atoms with Gasteiger partial charge >= 0.3 is 6.18 Å². The molecule has 0 unspecified atom stereocenters. The van der Waals surface area contributed by atoms with Gasteiger partial charge in [0.05, 0.1) is 68.3 Å². The van der Waals surface area contributed by atoms with Crippen molar-refractivity contribution in [2.75, 3.05) is 0 Å². The largest absolute Gasteiger partial charge is 0.416 e. The second-order valence-electron chi connectivity index (χ2n) is 18.0. The molecular weight excluding hydrogens is 936 g/mol. The molecule has 0 N–H and O–H groups in total. The van der Waals surface area contributed by atoms with Crippen LogP contribution in [0.3, 0.4) is 0 Å². The van der Waals surface area contributed by atoms with Crippen molar-refractivity contribution in [1.29, 1.82) is 10.5 Å². The monoisotopic (exact) mass is 973 g/mol. The van der Waals surface area contributed by atoms with E-state index in [1.807, 2.05) is 211 Å². The second kappa shape index (κ2) is 19.0. The van der Waals surface area contributed by atoms with Crippen LogP contribution in [0.25, 0.3) is 118 Å². The molecule has 0 spiro atoms. The van der Waals surface area contributed by atoms with Crippen molar-refractivity contribution in [1.82, 2.24) is 24.5 Å². The first-order valence-electron chi connectivity index (χ1n) is 24.0. The Kier molecular flexibility index (Phi) is 11.6. The maximum Gasteiger partial charge on any atom is 0.416 e. The molecule has 0 aliphatic carbocycles. The standard InChI is InChI=1S/C65H38F3N7/c66-65(67,68)51-35-54(63-71-56(43-17-5-1-6-18-43)37-57(72-63)44-19-7-2-8-20-44)62(55(36-51)64-73-58(45-21-9-3-10-22-45)38-59(74-64)46-23-11-4-12-24-46)75-60-29-27-49(47-25-13-15-41(31-47)39-69)33-52(60)53-34-50(28-30-61(53)75)48-26-14-16-42(32-48)40-70/h1-38H. The summed E-state index contributed by atoms with van der Waals surface area (Å²) in [7, 11) is 0. The van der Waals surface area contributed by atoms with Crippen molar-refractivity contribution in [3.63, 3.8) is 0 Å². The highest BCUT2D eigenvalue weighted by atomic mass is 19.4. The van der Waals surface area contributed by atoms with Gasteiger partial charge < -0.3 is 4.57 Å². The van der Waals surface area contributed by atoms with Gasteiger partial charge in [-0.25, -0.2) is 19.9 Å². The summed E-state index contributed by atoms with van der Waals surface area (Å²) in [5.41, 5.74) is 10.1. The number of fused-ring (bicyclic) bond motifs is 3. The van der Waals surface area contributed by atoms with Gasteiger partial charge in [0.15, 0.2) is 11.6 Å². The zero-order valence-electron chi connectivity index (χ0n) is 39.7. The van der Waals surface area contributed by atoms with Crippen LogP contribution >= 0.6 is 0 Å². The third kappa shape index (κ3) is 8.84.